The normalized spacial score (nSPS) is 23.6. The van der Waals surface area contributed by atoms with Crippen LogP contribution in [0.15, 0.2) is 23.1 Å². The largest absolute Gasteiger partial charge is 0.351 e. The van der Waals surface area contributed by atoms with E-state index in [4.69, 9.17) is 5.73 Å². The minimum absolute atomic E-state index is 0.174. The first-order valence-corrected chi connectivity index (χ1v) is 7.48. The molecule has 1 rings (SSSR count). The average molecular weight is 272 g/mol. The maximum Gasteiger partial charge on any atom is 0.326 e. The van der Waals surface area contributed by atoms with Crippen LogP contribution in [0.2, 0.25) is 0 Å². The zero-order valence-electron chi connectivity index (χ0n) is 10.8. The van der Waals surface area contributed by atoms with Crippen LogP contribution >= 0.6 is 0 Å². The summed E-state index contributed by atoms with van der Waals surface area (Å²) in [5.74, 6) is 0. The number of carbonyl (C=O) groups is 1. The quantitative estimate of drug-likeness (QED) is 0.802. The van der Waals surface area contributed by atoms with E-state index in [0.29, 0.717) is 6.42 Å². The number of nitrogens with one attached hydrogen (secondary N) is 1. The summed E-state index contributed by atoms with van der Waals surface area (Å²) in [6.45, 7) is 4.12. The van der Waals surface area contributed by atoms with E-state index in [1.165, 1.54) is 6.08 Å². The van der Waals surface area contributed by atoms with Crippen molar-refractivity contribution in [3.05, 3.63) is 23.1 Å². The summed E-state index contributed by atoms with van der Waals surface area (Å²) >= 11 is 0. The highest BCUT2D eigenvalue weighted by molar-refractivity contribution is 7.93. The van der Waals surface area contributed by atoms with Crippen molar-refractivity contribution in [2.45, 2.75) is 39.5 Å². The summed E-state index contributed by atoms with van der Waals surface area (Å²) in [7, 11) is -3.79. The lowest BCUT2D eigenvalue weighted by Crippen LogP contribution is -2.37. The molecule has 0 spiro atoms. The SMILES string of the molecule is CCCCC1(C)C=CC=C(S(=O)(=O)NC(N)=O)C1. The Bertz CT molecular complexity index is 480. The molecule has 5 nitrogen and oxygen atoms in total. The number of allylic oxidation sites excluding steroid dienone is 4. The first-order chi connectivity index (χ1) is 8.29. The molecule has 0 aromatic rings. The van der Waals surface area contributed by atoms with Gasteiger partial charge in [-0.1, -0.05) is 38.8 Å². The van der Waals surface area contributed by atoms with Crippen LogP contribution in [0.3, 0.4) is 0 Å². The molecule has 0 saturated carbocycles. The van der Waals surface area contributed by atoms with Crippen LogP contribution in [0.1, 0.15) is 39.5 Å². The van der Waals surface area contributed by atoms with Gasteiger partial charge in [0.2, 0.25) is 0 Å². The predicted molar refractivity (Wildman–Crippen MR) is 71.1 cm³/mol. The van der Waals surface area contributed by atoms with Gasteiger partial charge < -0.3 is 5.73 Å². The minimum Gasteiger partial charge on any atom is -0.351 e. The second-order valence-corrected chi connectivity index (χ2v) is 6.63. The first kappa shape index (κ1) is 14.8. The summed E-state index contributed by atoms with van der Waals surface area (Å²) in [4.78, 5) is 10.9. The second kappa shape index (κ2) is 5.56. The molecule has 0 aromatic carbocycles. The van der Waals surface area contributed by atoms with Crippen LogP contribution in [0.25, 0.3) is 0 Å². The molecule has 3 N–H and O–H groups in total. The molecule has 1 aliphatic carbocycles. The number of primary amides is 1. The first-order valence-electron chi connectivity index (χ1n) is 6.00. The smallest absolute Gasteiger partial charge is 0.326 e. The molecule has 1 aliphatic rings. The molecule has 0 aromatic heterocycles. The van der Waals surface area contributed by atoms with Crippen molar-refractivity contribution < 1.29 is 13.2 Å². The van der Waals surface area contributed by atoms with Gasteiger partial charge in [0, 0.05) is 0 Å². The van der Waals surface area contributed by atoms with E-state index in [9.17, 15) is 13.2 Å². The Kier molecular flexibility index (Phi) is 4.56. The van der Waals surface area contributed by atoms with Crippen LogP contribution in [0, 0.1) is 5.41 Å². The topological polar surface area (TPSA) is 89.3 Å². The fourth-order valence-electron chi connectivity index (χ4n) is 2.04. The minimum atomic E-state index is -3.79. The van der Waals surface area contributed by atoms with E-state index in [1.54, 1.807) is 10.8 Å². The second-order valence-electron chi connectivity index (χ2n) is 4.90. The third-order valence-corrected chi connectivity index (χ3v) is 4.48. The van der Waals surface area contributed by atoms with Gasteiger partial charge in [-0.05, 0) is 24.3 Å². The molecule has 6 heteroatoms. The van der Waals surface area contributed by atoms with Crippen molar-refractivity contribution in [1.82, 2.24) is 4.72 Å². The van der Waals surface area contributed by atoms with Gasteiger partial charge in [-0.25, -0.2) is 17.9 Å². The number of hydrogen-bond acceptors (Lipinski definition) is 3. The number of carbonyl (C=O) groups excluding carboxylic acids is 1. The number of nitrogens with two attached hydrogens (primary N) is 1. The number of amides is 2. The third-order valence-electron chi connectivity index (χ3n) is 3.04. The Labute approximate surface area is 108 Å². The van der Waals surface area contributed by atoms with Gasteiger partial charge in [0.1, 0.15) is 0 Å². The van der Waals surface area contributed by atoms with Gasteiger partial charge in [0.15, 0.2) is 0 Å². The lowest BCUT2D eigenvalue weighted by molar-refractivity contribution is 0.253. The number of urea groups is 1. The van der Waals surface area contributed by atoms with Gasteiger partial charge in [-0.15, -0.1) is 0 Å². The molecule has 0 heterocycles. The van der Waals surface area contributed by atoms with Crippen molar-refractivity contribution in [2.24, 2.45) is 11.1 Å². The molecule has 0 aliphatic heterocycles. The summed E-state index contributed by atoms with van der Waals surface area (Å²) in [5, 5.41) is 0. The van der Waals surface area contributed by atoms with E-state index in [2.05, 4.69) is 6.92 Å². The molecule has 0 radical (unpaired) electrons. The Balaban J connectivity index is 2.85. The zero-order valence-corrected chi connectivity index (χ0v) is 11.6. The number of hydrogen-bond donors (Lipinski definition) is 2. The molecule has 0 bridgehead atoms. The van der Waals surface area contributed by atoms with Crippen molar-refractivity contribution in [3.8, 4) is 0 Å². The molecule has 1 unspecified atom stereocenters. The van der Waals surface area contributed by atoms with Gasteiger partial charge in [0.25, 0.3) is 10.0 Å². The van der Waals surface area contributed by atoms with E-state index < -0.39 is 16.1 Å². The number of unbranched alkanes of at least 4 members (excludes halogenated alkanes) is 1. The van der Waals surface area contributed by atoms with Gasteiger partial charge in [-0.2, -0.15) is 0 Å². The maximum atomic E-state index is 11.8. The lowest BCUT2D eigenvalue weighted by Gasteiger charge is -2.29. The molecule has 2 amide bonds. The fourth-order valence-corrected chi connectivity index (χ4v) is 3.21. The van der Waals surface area contributed by atoms with Gasteiger partial charge in [-0.3, -0.25) is 0 Å². The standard InChI is InChI=1S/C12H20N2O3S/c1-3-4-7-12(2)8-5-6-10(9-12)18(16,17)14-11(13)15/h5-6,8H,3-4,7,9H2,1-2H3,(H3,13,14,15). The van der Waals surface area contributed by atoms with Crippen LogP contribution in [0.5, 0.6) is 0 Å². The summed E-state index contributed by atoms with van der Waals surface area (Å²) < 4.78 is 25.5. The van der Waals surface area contributed by atoms with Crippen molar-refractivity contribution >= 4 is 16.1 Å². The van der Waals surface area contributed by atoms with E-state index >= 15 is 0 Å². The van der Waals surface area contributed by atoms with Crippen molar-refractivity contribution in [1.29, 1.82) is 0 Å². The van der Waals surface area contributed by atoms with Crippen LogP contribution in [0.4, 0.5) is 4.79 Å². The average Bonchev–Trinajstić information content (AvgIpc) is 2.25. The molecular weight excluding hydrogens is 252 g/mol. The monoisotopic (exact) mass is 272 g/mol. The zero-order chi connectivity index (χ0) is 13.8. The van der Waals surface area contributed by atoms with E-state index in [-0.39, 0.29) is 10.3 Å². The molecule has 0 fully saturated rings. The highest BCUT2D eigenvalue weighted by atomic mass is 32.2. The molecule has 18 heavy (non-hydrogen) atoms. The van der Waals surface area contributed by atoms with E-state index in [0.717, 1.165) is 19.3 Å². The third kappa shape index (κ3) is 3.87. The van der Waals surface area contributed by atoms with Crippen molar-refractivity contribution in [2.75, 3.05) is 0 Å². The lowest BCUT2D eigenvalue weighted by atomic mass is 9.79. The summed E-state index contributed by atoms with van der Waals surface area (Å²) in [6, 6.07) is -1.05. The Morgan fingerprint density at radius 1 is 1.56 bits per heavy atom. The van der Waals surface area contributed by atoms with Gasteiger partial charge >= 0.3 is 6.03 Å². The highest BCUT2D eigenvalue weighted by Crippen LogP contribution is 2.37. The summed E-state index contributed by atoms with van der Waals surface area (Å²) in [5.41, 5.74) is 4.68. The molecular formula is C12H20N2O3S. The van der Waals surface area contributed by atoms with Crippen LogP contribution in [-0.4, -0.2) is 14.4 Å². The maximum absolute atomic E-state index is 11.8. The fraction of sp³-hybridized carbons (Fsp3) is 0.583. The molecule has 102 valence electrons. The Morgan fingerprint density at radius 3 is 2.78 bits per heavy atom. The molecule has 1 atom stereocenters. The summed E-state index contributed by atoms with van der Waals surface area (Å²) in [6.07, 6.45) is 8.68. The van der Waals surface area contributed by atoms with E-state index in [1.807, 2.05) is 13.0 Å². The predicted octanol–water partition coefficient (Wildman–Crippen LogP) is 2.02. The number of rotatable bonds is 5. The van der Waals surface area contributed by atoms with Crippen LogP contribution in [-0.2, 0) is 10.0 Å². The Hall–Kier alpha value is -1.30. The number of sulfonamides is 1. The highest BCUT2D eigenvalue weighted by Gasteiger charge is 2.30. The Morgan fingerprint density at radius 2 is 2.22 bits per heavy atom. The molecule has 0 saturated heterocycles. The van der Waals surface area contributed by atoms with Gasteiger partial charge in [0.05, 0.1) is 4.91 Å². The van der Waals surface area contributed by atoms with Crippen LogP contribution < -0.4 is 10.5 Å². The van der Waals surface area contributed by atoms with Crippen molar-refractivity contribution in [3.63, 3.8) is 0 Å².